The van der Waals surface area contributed by atoms with E-state index in [4.69, 9.17) is 23.2 Å². The van der Waals surface area contributed by atoms with Crippen LogP contribution in [0.4, 0.5) is 0 Å². The molecule has 0 spiro atoms. The van der Waals surface area contributed by atoms with Crippen LogP contribution in [0, 0.1) is 0 Å². The first-order chi connectivity index (χ1) is 8.75. The summed E-state index contributed by atoms with van der Waals surface area (Å²) in [6.07, 6.45) is 0.0638. The van der Waals surface area contributed by atoms with E-state index >= 15 is 0 Å². The van der Waals surface area contributed by atoms with E-state index in [1.54, 1.807) is 20.2 Å². The predicted octanol–water partition coefficient (Wildman–Crippen LogP) is 1.75. The second kappa shape index (κ2) is 6.56. The monoisotopic (exact) mass is 324 g/mol. The van der Waals surface area contributed by atoms with Gasteiger partial charge < -0.3 is 4.90 Å². The van der Waals surface area contributed by atoms with Gasteiger partial charge in [-0.1, -0.05) is 29.3 Å². The average molecular weight is 325 g/mol. The number of benzene rings is 1. The van der Waals surface area contributed by atoms with Crippen molar-refractivity contribution in [2.45, 2.75) is 11.3 Å². The average Bonchev–Trinajstić information content (AvgIpc) is 2.27. The molecule has 0 saturated carbocycles. The number of carbonyl (C=O) groups excluding carboxylic acids is 1. The van der Waals surface area contributed by atoms with E-state index in [2.05, 4.69) is 4.72 Å². The Balaban J connectivity index is 2.80. The van der Waals surface area contributed by atoms with E-state index in [-0.39, 0.29) is 33.8 Å². The second-order valence-electron chi connectivity index (χ2n) is 3.99. The van der Waals surface area contributed by atoms with Gasteiger partial charge in [0.05, 0.1) is 10.0 Å². The van der Waals surface area contributed by atoms with Crippen molar-refractivity contribution in [3.8, 4) is 0 Å². The fourth-order valence-electron chi connectivity index (χ4n) is 1.33. The molecule has 5 nitrogen and oxygen atoms in total. The lowest BCUT2D eigenvalue weighted by Gasteiger charge is -2.12. The van der Waals surface area contributed by atoms with Gasteiger partial charge in [-0.25, -0.2) is 13.1 Å². The van der Waals surface area contributed by atoms with Crippen molar-refractivity contribution in [1.29, 1.82) is 0 Å². The van der Waals surface area contributed by atoms with Gasteiger partial charge in [0.15, 0.2) is 0 Å². The summed E-state index contributed by atoms with van der Waals surface area (Å²) < 4.78 is 26.3. The molecule has 0 atom stereocenters. The van der Waals surface area contributed by atoms with Gasteiger partial charge in [-0.05, 0) is 12.1 Å². The molecule has 0 radical (unpaired) electrons. The molecule has 0 heterocycles. The number of hydrogen-bond donors (Lipinski definition) is 1. The van der Waals surface area contributed by atoms with Crippen LogP contribution in [0.3, 0.4) is 0 Å². The van der Waals surface area contributed by atoms with Crippen LogP contribution in [0.5, 0.6) is 0 Å². The van der Waals surface area contributed by atoms with Crippen LogP contribution in [-0.4, -0.2) is 39.9 Å². The van der Waals surface area contributed by atoms with Crippen molar-refractivity contribution in [3.05, 3.63) is 28.2 Å². The molecule has 0 aliphatic carbocycles. The van der Waals surface area contributed by atoms with Crippen LogP contribution >= 0.6 is 23.2 Å². The number of nitrogens with zero attached hydrogens (tertiary/aromatic N) is 1. The first-order valence-corrected chi connectivity index (χ1v) is 7.63. The van der Waals surface area contributed by atoms with E-state index < -0.39 is 10.0 Å². The number of sulfonamides is 1. The lowest BCUT2D eigenvalue weighted by molar-refractivity contribution is -0.128. The first-order valence-electron chi connectivity index (χ1n) is 5.39. The molecule has 0 aliphatic heterocycles. The molecular formula is C11H14Cl2N2O3S. The molecule has 1 N–H and O–H groups in total. The highest BCUT2D eigenvalue weighted by molar-refractivity contribution is 7.89. The highest BCUT2D eigenvalue weighted by atomic mass is 35.5. The van der Waals surface area contributed by atoms with Crippen LogP contribution < -0.4 is 4.72 Å². The molecule has 8 heteroatoms. The Kier molecular flexibility index (Phi) is 5.61. The number of amides is 1. The quantitative estimate of drug-likeness (QED) is 0.897. The first kappa shape index (κ1) is 16.2. The highest BCUT2D eigenvalue weighted by Crippen LogP contribution is 2.28. The molecule has 0 saturated heterocycles. The summed E-state index contributed by atoms with van der Waals surface area (Å²) in [5.74, 6) is -0.173. The lowest BCUT2D eigenvalue weighted by atomic mass is 10.4. The minimum atomic E-state index is -3.83. The van der Waals surface area contributed by atoms with Gasteiger partial charge in [0.25, 0.3) is 0 Å². The molecular weight excluding hydrogens is 311 g/mol. The minimum absolute atomic E-state index is 0.0130. The fourth-order valence-corrected chi connectivity index (χ4v) is 3.50. The van der Waals surface area contributed by atoms with Gasteiger partial charge in [0.1, 0.15) is 4.90 Å². The number of halogens is 2. The Morgan fingerprint density at radius 2 is 1.79 bits per heavy atom. The number of rotatable bonds is 5. The molecule has 0 aliphatic rings. The third kappa shape index (κ3) is 4.35. The van der Waals surface area contributed by atoms with Crippen LogP contribution in [0.15, 0.2) is 23.1 Å². The third-order valence-corrected chi connectivity index (χ3v) is 4.73. The summed E-state index contributed by atoms with van der Waals surface area (Å²) >= 11 is 11.7. The van der Waals surface area contributed by atoms with Crippen molar-refractivity contribution in [3.63, 3.8) is 0 Å². The van der Waals surface area contributed by atoms with Gasteiger partial charge in [-0.2, -0.15) is 0 Å². The van der Waals surface area contributed by atoms with Crippen molar-refractivity contribution < 1.29 is 13.2 Å². The smallest absolute Gasteiger partial charge is 0.243 e. The normalized spacial score (nSPS) is 11.4. The molecule has 1 aromatic rings. The van der Waals surface area contributed by atoms with E-state index in [1.807, 2.05) is 0 Å². The van der Waals surface area contributed by atoms with E-state index in [0.717, 1.165) is 0 Å². The van der Waals surface area contributed by atoms with Crippen molar-refractivity contribution in [1.82, 2.24) is 9.62 Å². The molecule has 1 amide bonds. The zero-order valence-corrected chi connectivity index (χ0v) is 12.8. The second-order valence-corrected chi connectivity index (χ2v) is 6.50. The number of carbonyl (C=O) groups is 1. The van der Waals surface area contributed by atoms with Crippen molar-refractivity contribution in [2.24, 2.45) is 0 Å². The maximum absolute atomic E-state index is 12.0. The largest absolute Gasteiger partial charge is 0.349 e. The summed E-state index contributed by atoms with van der Waals surface area (Å²) in [5.41, 5.74) is 0. The maximum Gasteiger partial charge on any atom is 0.243 e. The Hall–Kier alpha value is -0.820. The molecule has 0 aromatic heterocycles. The number of hydrogen-bond acceptors (Lipinski definition) is 3. The van der Waals surface area contributed by atoms with E-state index in [0.29, 0.717) is 0 Å². The highest BCUT2D eigenvalue weighted by Gasteiger charge is 2.21. The summed E-state index contributed by atoms with van der Waals surface area (Å²) in [7, 11) is -0.630. The Morgan fingerprint density at radius 3 is 2.26 bits per heavy atom. The Bertz CT molecular complexity index is 553. The fraction of sp³-hybridized carbons (Fsp3) is 0.364. The molecule has 1 rings (SSSR count). The zero-order valence-electron chi connectivity index (χ0n) is 10.5. The summed E-state index contributed by atoms with van der Waals surface area (Å²) in [6, 6.07) is 4.43. The Labute approximate surface area is 122 Å². The molecule has 0 fully saturated rings. The molecule has 0 unspecified atom stereocenters. The molecule has 106 valence electrons. The Morgan fingerprint density at radius 1 is 1.26 bits per heavy atom. The number of nitrogens with one attached hydrogen (secondary N) is 1. The van der Waals surface area contributed by atoms with Gasteiger partial charge in [0.2, 0.25) is 15.9 Å². The predicted molar refractivity (Wildman–Crippen MR) is 75.0 cm³/mol. The van der Waals surface area contributed by atoms with Gasteiger partial charge in [-0.15, -0.1) is 0 Å². The molecule has 19 heavy (non-hydrogen) atoms. The minimum Gasteiger partial charge on any atom is -0.349 e. The van der Waals surface area contributed by atoms with Gasteiger partial charge in [0, 0.05) is 27.1 Å². The maximum atomic E-state index is 12.0. The zero-order chi connectivity index (χ0) is 14.6. The SMILES string of the molecule is CN(C)C(=O)CCNS(=O)(=O)c1c(Cl)cccc1Cl. The van der Waals surface area contributed by atoms with Gasteiger partial charge >= 0.3 is 0 Å². The molecule has 0 bridgehead atoms. The topological polar surface area (TPSA) is 66.5 Å². The van der Waals surface area contributed by atoms with E-state index in [9.17, 15) is 13.2 Å². The van der Waals surface area contributed by atoms with Crippen LogP contribution in [-0.2, 0) is 14.8 Å². The van der Waals surface area contributed by atoms with Crippen LogP contribution in [0.25, 0.3) is 0 Å². The standard InChI is InChI=1S/C11H14Cl2N2O3S/c1-15(2)10(16)6-7-14-19(17,18)11-8(12)4-3-5-9(11)13/h3-5,14H,6-7H2,1-2H3. The lowest BCUT2D eigenvalue weighted by Crippen LogP contribution is -2.30. The van der Waals surface area contributed by atoms with E-state index in [1.165, 1.54) is 17.0 Å². The van der Waals surface area contributed by atoms with Crippen molar-refractivity contribution >= 4 is 39.1 Å². The van der Waals surface area contributed by atoms with Crippen molar-refractivity contribution in [2.75, 3.05) is 20.6 Å². The third-order valence-electron chi connectivity index (χ3n) is 2.32. The van der Waals surface area contributed by atoms with Gasteiger partial charge in [-0.3, -0.25) is 4.79 Å². The summed E-state index contributed by atoms with van der Waals surface area (Å²) in [4.78, 5) is 12.6. The van der Waals surface area contributed by atoms with Crippen LogP contribution in [0.2, 0.25) is 10.0 Å². The summed E-state index contributed by atoms with van der Waals surface area (Å²) in [5, 5.41) is 0.0814. The van der Waals surface area contributed by atoms with Crippen LogP contribution in [0.1, 0.15) is 6.42 Å². The molecule has 1 aromatic carbocycles. The summed E-state index contributed by atoms with van der Waals surface area (Å²) in [6.45, 7) is -0.0130.